The number of fused-ring (bicyclic) bond motifs is 1. The predicted molar refractivity (Wildman–Crippen MR) is 102 cm³/mol. The molecule has 4 heteroatoms. The molecule has 2 aromatic carbocycles. The van der Waals surface area contributed by atoms with Crippen molar-refractivity contribution in [3.8, 4) is 11.5 Å². The second-order valence-electron chi connectivity index (χ2n) is 5.68. The van der Waals surface area contributed by atoms with Crippen LogP contribution in [0.1, 0.15) is 18.1 Å². The molecule has 0 bridgehead atoms. The zero-order valence-corrected chi connectivity index (χ0v) is 14.7. The van der Waals surface area contributed by atoms with Crippen LogP contribution in [0.25, 0.3) is 23.1 Å². The highest BCUT2D eigenvalue weighted by Gasteiger charge is 2.04. The minimum atomic E-state index is 0.0360. The molecule has 0 aliphatic rings. The molecule has 0 aliphatic carbocycles. The van der Waals surface area contributed by atoms with Crippen LogP contribution >= 0.6 is 0 Å². The molecule has 0 amide bonds. The molecule has 128 valence electrons. The molecule has 0 fully saturated rings. The predicted octanol–water partition coefficient (Wildman–Crippen LogP) is 4.21. The second kappa shape index (κ2) is 7.26. The number of aromatic nitrogens is 1. The van der Waals surface area contributed by atoms with Gasteiger partial charge in [0.05, 0.1) is 19.7 Å². The Hall–Kier alpha value is -3.01. The van der Waals surface area contributed by atoms with E-state index in [2.05, 4.69) is 11.5 Å². The fourth-order valence-electron chi connectivity index (χ4n) is 2.86. The zero-order valence-electron chi connectivity index (χ0n) is 14.7. The monoisotopic (exact) mass is 335 g/mol. The molecular formula is C21H21NO3. The molecule has 0 aliphatic heterocycles. The van der Waals surface area contributed by atoms with Crippen LogP contribution in [0.5, 0.6) is 11.5 Å². The van der Waals surface area contributed by atoms with Gasteiger partial charge < -0.3 is 14.0 Å². The van der Waals surface area contributed by atoms with Crippen molar-refractivity contribution < 1.29 is 9.47 Å². The number of ether oxygens (including phenoxy) is 2. The summed E-state index contributed by atoms with van der Waals surface area (Å²) in [6.07, 6.45) is 5.77. The lowest BCUT2D eigenvalue weighted by atomic mass is 10.1. The Morgan fingerprint density at radius 2 is 1.84 bits per heavy atom. The van der Waals surface area contributed by atoms with Crippen molar-refractivity contribution in [2.45, 2.75) is 13.5 Å². The van der Waals surface area contributed by atoms with Crippen molar-refractivity contribution >= 4 is 23.1 Å². The normalized spacial score (nSPS) is 11.2. The van der Waals surface area contributed by atoms with Crippen molar-refractivity contribution in [2.75, 3.05) is 14.2 Å². The summed E-state index contributed by atoms with van der Waals surface area (Å²) < 4.78 is 12.7. The van der Waals surface area contributed by atoms with Crippen LogP contribution in [0, 0.1) is 0 Å². The van der Waals surface area contributed by atoms with E-state index in [9.17, 15) is 4.79 Å². The fraction of sp³-hybridized carbons (Fsp3) is 0.190. The first-order valence-electron chi connectivity index (χ1n) is 8.19. The maximum atomic E-state index is 12.2. The van der Waals surface area contributed by atoms with Crippen molar-refractivity contribution in [2.24, 2.45) is 0 Å². The van der Waals surface area contributed by atoms with E-state index in [1.165, 1.54) is 0 Å². The molecule has 3 aromatic rings. The molecule has 0 spiro atoms. The summed E-state index contributed by atoms with van der Waals surface area (Å²) in [4.78, 5) is 12.2. The molecule has 25 heavy (non-hydrogen) atoms. The van der Waals surface area contributed by atoms with Crippen molar-refractivity contribution in [1.29, 1.82) is 0 Å². The minimum absolute atomic E-state index is 0.0360. The van der Waals surface area contributed by atoms with Crippen molar-refractivity contribution in [1.82, 2.24) is 4.57 Å². The molecule has 0 N–H and O–H groups in total. The lowest BCUT2D eigenvalue weighted by Crippen LogP contribution is -2.06. The summed E-state index contributed by atoms with van der Waals surface area (Å²) in [5, 5.41) is 0.726. The van der Waals surface area contributed by atoms with Crippen LogP contribution < -0.4 is 14.9 Å². The van der Waals surface area contributed by atoms with Gasteiger partial charge in [-0.25, -0.2) is 0 Å². The van der Waals surface area contributed by atoms with Gasteiger partial charge in [-0.3, -0.25) is 4.79 Å². The van der Waals surface area contributed by atoms with Gasteiger partial charge in [0.1, 0.15) is 11.5 Å². The third-order valence-corrected chi connectivity index (χ3v) is 4.23. The van der Waals surface area contributed by atoms with E-state index in [4.69, 9.17) is 9.47 Å². The van der Waals surface area contributed by atoms with Crippen LogP contribution in [-0.4, -0.2) is 18.8 Å². The van der Waals surface area contributed by atoms with Gasteiger partial charge in [-0.1, -0.05) is 18.2 Å². The van der Waals surface area contributed by atoms with Crippen molar-refractivity contribution in [3.05, 3.63) is 70.0 Å². The van der Waals surface area contributed by atoms with Crippen molar-refractivity contribution in [3.63, 3.8) is 0 Å². The van der Waals surface area contributed by atoms with Gasteiger partial charge in [0, 0.05) is 29.8 Å². The first-order valence-corrected chi connectivity index (χ1v) is 8.19. The topological polar surface area (TPSA) is 40.5 Å². The van der Waals surface area contributed by atoms with E-state index >= 15 is 0 Å². The van der Waals surface area contributed by atoms with Gasteiger partial charge >= 0.3 is 0 Å². The molecule has 0 atom stereocenters. The highest BCUT2D eigenvalue weighted by molar-refractivity contribution is 5.84. The van der Waals surface area contributed by atoms with Crippen LogP contribution in [0.4, 0.5) is 0 Å². The lowest BCUT2D eigenvalue weighted by Gasteiger charge is -2.09. The lowest BCUT2D eigenvalue weighted by molar-refractivity contribution is 0.402. The number of hydrogen-bond donors (Lipinski definition) is 0. The SMILES string of the molecule is CCn1ccc(=O)c2cc(C=Cc3cc(OC)ccc3OC)ccc21. The number of nitrogens with zero attached hydrogens (tertiary/aromatic N) is 1. The van der Waals surface area contributed by atoms with Crippen LogP contribution in [0.3, 0.4) is 0 Å². The Labute approximate surface area is 146 Å². The third-order valence-electron chi connectivity index (χ3n) is 4.23. The highest BCUT2D eigenvalue weighted by atomic mass is 16.5. The average molecular weight is 335 g/mol. The molecule has 0 saturated carbocycles. The van der Waals surface area contributed by atoms with Crippen LogP contribution in [0.15, 0.2) is 53.5 Å². The van der Waals surface area contributed by atoms with E-state index in [0.717, 1.165) is 40.1 Å². The summed E-state index contributed by atoms with van der Waals surface area (Å²) >= 11 is 0. The molecule has 1 heterocycles. The number of rotatable bonds is 5. The summed E-state index contributed by atoms with van der Waals surface area (Å²) in [5.41, 5.74) is 2.87. The highest BCUT2D eigenvalue weighted by Crippen LogP contribution is 2.26. The molecule has 0 saturated heterocycles. The third kappa shape index (κ3) is 3.43. The molecule has 4 nitrogen and oxygen atoms in total. The van der Waals surface area contributed by atoms with Gasteiger partial charge in [-0.05, 0) is 42.8 Å². The van der Waals surface area contributed by atoms with Gasteiger partial charge in [-0.15, -0.1) is 0 Å². The first kappa shape index (κ1) is 16.8. The molecule has 1 aromatic heterocycles. The summed E-state index contributed by atoms with van der Waals surface area (Å²) in [6.45, 7) is 2.89. The number of aryl methyl sites for hydroxylation is 1. The maximum absolute atomic E-state index is 12.2. The molecule has 0 unspecified atom stereocenters. The van der Waals surface area contributed by atoms with Gasteiger partial charge in [0.2, 0.25) is 0 Å². The van der Waals surface area contributed by atoms with E-state index in [0.29, 0.717) is 0 Å². The summed E-state index contributed by atoms with van der Waals surface area (Å²) in [5.74, 6) is 1.54. The molecule has 3 rings (SSSR count). The van der Waals surface area contributed by atoms with Gasteiger partial charge in [-0.2, -0.15) is 0 Å². The Morgan fingerprint density at radius 3 is 2.56 bits per heavy atom. The van der Waals surface area contributed by atoms with E-state index in [-0.39, 0.29) is 5.43 Å². The number of benzene rings is 2. The summed E-state index contributed by atoms with van der Waals surface area (Å²) in [6, 6.07) is 13.2. The van der Waals surface area contributed by atoms with Crippen LogP contribution in [-0.2, 0) is 6.54 Å². The molecule has 0 radical (unpaired) electrons. The Balaban J connectivity index is 2.02. The molecular weight excluding hydrogens is 314 g/mol. The number of pyridine rings is 1. The smallest absolute Gasteiger partial charge is 0.189 e. The number of hydrogen-bond acceptors (Lipinski definition) is 3. The van der Waals surface area contributed by atoms with Gasteiger partial charge in [0.15, 0.2) is 5.43 Å². The van der Waals surface area contributed by atoms with E-state index in [1.54, 1.807) is 20.3 Å². The second-order valence-corrected chi connectivity index (χ2v) is 5.68. The van der Waals surface area contributed by atoms with E-state index in [1.807, 2.05) is 54.7 Å². The fourth-order valence-corrected chi connectivity index (χ4v) is 2.86. The number of methoxy groups -OCH3 is 2. The Morgan fingerprint density at radius 1 is 1.00 bits per heavy atom. The Kier molecular flexibility index (Phi) is 4.89. The minimum Gasteiger partial charge on any atom is -0.497 e. The van der Waals surface area contributed by atoms with Crippen LogP contribution in [0.2, 0.25) is 0 Å². The largest absolute Gasteiger partial charge is 0.497 e. The summed E-state index contributed by atoms with van der Waals surface area (Å²) in [7, 11) is 3.28. The quantitative estimate of drug-likeness (QED) is 0.656. The first-order chi connectivity index (χ1) is 12.2. The maximum Gasteiger partial charge on any atom is 0.189 e. The zero-order chi connectivity index (χ0) is 17.8. The van der Waals surface area contributed by atoms with Gasteiger partial charge in [0.25, 0.3) is 0 Å². The Bertz CT molecular complexity index is 986. The van der Waals surface area contributed by atoms with E-state index < -0.39 is 0 Å². The standard InChI is InChI=1S/C21H21NO3/c1-4-22-12-11-20(23)18-13-15(6-9-19(18)22)5-7-16-14-17(24-2)8-10-21(16)25-3/h5-14H,4H2,1-3H3. The average Bonchev–Trinajstić information content (AvgIpc) is 2.66.